The van der Waals surface area contributed by atoms with E-state index in [0.29, 0.717) is 5.75 Å². The van der Waals surface area contributed by atoms with Crippen molar-refractivity contribution in [3.63, 3.8) is 0 Å². The second-order valence-corrected chi connectivity index (χ2v) is 6.09. The predicted molar refractivity (Wildman–Crippen MR) is 71.7 cm³/mol. The molecular formula is C11H18N2O2S2. The fourth-order valence-corrected chi connectivity index (χ4v) is 3.17. The van der Waals surface area contributed by atoms with Crippen molar-refractivity contribution < 1.29 is 9.53 Å². The Morgan fingerprint density at radius 3 is 2.82 bits per heavy atom. The highest BCUT2D eigenvalue weighted by Crippen LogP contribution is 2.23. The summed E-state index contributed by atoms with van der Waals surface area (Å²) in [5.41, 5.74) is 1.02. The molecule has 4 nitrogen and oxygen atoms in total. The third-order valence-electron chi connectivity index (χ3n) is 1.99. The summed E-state index contributed by atoms with van der Waals surface area (Å²) in [6.07, 6.45) is 0. The maximum atomic E-state index is 11.6. The SMILES string of the molecule is COC(=O)C(CSc1nc(C)cs1)NC(C)C. The van der Waals surface area contributed by atoms with Crippen LogP contribution in [0.1, 0.15) is 19.5 Å². The zero-order chi connectivity index (χ0) is 12.8. The van der Waals surface area contributed by atoms with E-state index in [1.54, 1.807) is 23.1 Å². The Morgan fingerprint density at radius 2 is 2.35 bits per heavy atom. The van der Waals surface area contributed by atoms with Gasteiger partial charge in [0.2, 0.25) is 0 Å². The number of carbonyl (C=O) groups is 1. The molecule has 0 amide bonds. The molecule has 0 saturated heterocycles. The number of hydrogen-bond acceptors (Lipinski definition) is 6. The van der Waals surface area contributed by atoms with Crippen molar-refractivity contribution in [2.45, 2.75) is 37.2 Å². The highest BCUT2D eigenvalue weighted by molar-refractivity contribution is 8.01. The van der Waals surface area contributed by atoms with E-state index in [4.69, 9.17) is 4.74 Å². The summed E-state index contributed by atoms with van der Waals surface area (Å²) in [6, 6.07) is -0.0352. The van der Waals surface area contributed by atoms with Gasteiger partial charge in [0.1, 0.15) is 10.4 Å². The van der Waals surface area contributed by atoms with Crippen molar-refractivity contribution >= 4 is 29.1 Å². The quantitative estimate of drug-likeness (QED) is 0.636. The zero-order valence-corrected chi connectivity index (χ0v) is 12.2. The Kier molecular flexibility index (Phi) is 5.94. The first-order valence-electron chi connectivity index (χ1n) is 5.41. The number of thioether (sulfide) groups is 1. The van der Waals surface area contributed by atoms with Crippen LogP contribution in [-0.2, 0) is 9.53 Å². The molecule has 0 spiro atoms. The van der Waals surface area contributed by atoms with Crippen molar-refractivity contribution in [2.75, 3.05) is 12.9 Å². The number of aryl methyl sites for hydroxylation is 1. The molecule has 1 unspecified atom stereocenters. The third kappa shape index (κ3) is 5.06. The summed E-state index contributed by atoms with van der Waals surface area (Å²) in [4.78, 5) is 15.9. The molecule has 0 aliphatic rings. The van der Waals surface area contributed by atoms with Crippen LogP contribution in [0.3, 0.4) is 0 Å². The monoisotopic (exact) mass is 274 g/mol. The van der Waals surface area contributed by atoms with Gasteiger partial charge in [0, 0.05) is 22.9 Å². The third-order valence-corrected chi connectivity index (χ3v) is 4.22. The van der Waals surface area contributed by atoms with E-state index < -0.39 is 0 Å². The van der Waals surface area contributed by atoms with Crippen molar-refractivity contribution in [3.05, 3.63) is 11.1 Å². The number of nitrogens with one attached hydrogen (secondary N) is 1. The van der Waals surface area contributed by atoms with E-state index in [1.807, 2.05) is 26.2 Å². The van der Waals surface area contributed by atoms with E-state index in [-0.39, 0.29) is 18.1 Å². The number of ether oxygens (including phenoxy) is 1. The summed E-state index contributed by atoms with van der Waals surface area (Å²) in [7, 11) is 1.41. The Labute approximate surface area is 110 Å². The standard InChI is InChI=1S/C11H18N2O2S2/c1-7(2)12-9(10(14)15-4)6-17-11-13-8(3)5-16-11/h5,7,9,12H,6H2,1-4H3. The van der Waals surface area contributed by atoms with E-state index in [0.717, 1.165) is 10.0 Å². The molecule has 1 atom stereocenters. The normalized spacial score (nSPS) is 12.8. The van der Waals surface area contributed by atoms with Crippen LogP contribution in [0.15, 0.2) is 9.72 Å². The molecule has 0 radical (unpaired) electrons. The van der Waals surface area contributed by atoms with Crippen molar-refractivity contribution in [2.24, 2.45) is 0 Å². The number of aromatic nitrogens is 1. The molecule has 1 aromatic heterocycles. The highest BCUT2D eigenvalue weighted by Gasteiger charge is 2.20. The number of carbonyl (C=O) groups excluding carboxylic acids is 1. The molecule has 1 heterocycles. The smallest absolute Gasteiger partial charge is 0.323 e. The van der Waals surface area contributed by atoms with Crippen LogP contribution in [0.25, 0.3) is 0 Å². The number of esters is 1. The molecule has 0 aromatic carbocycles. The Balaban J connectivity index is 2.51. The number of thiazole rings is 1. The lowest BCUT2D eigenvalue weighted by molar-refractivity contribution is -0.142. The molecule has 0 aliphatic carbocycles. The van der Waals surface area contributed by atoms with E-state index in [1.165, 1.54) is 7.11 Å². The van der Waals surface area contributed by atoms with Crippen LogP contribution in [0.2, 0.25) is 0 Å². The molecule has 0 aliphatic heterocycles. The van der Waals surface area contributed by atoms with Crippen molar-refractivity contribution in [1.82, 2.24) is 10.3 Å². The molecule has 6 heteroatoms. The van der Waals surface area contributed by atoms with Gasteiger partial charge in [-0.3, -0.25) is 4.79 Å². The summed E-state index contributed by atoms with van der Waals surface area (Å²) in [5, 5.41) is 5.19. The van der Waals surface area contributed by atoms with Crippen LogP contribution in [-0.4, -0.2) is 35.9 Å². The van der Waals surface area contributed by atoms with E-state index in [9.17, 15) is 4.79 Å². The van der Waals surface area contributed by atoms with Crippen LogP contribution in [0.5, 0.6) is 0 Å². The highest BCUT2D eigenvalue weighted by atomic mass is 32.2. The molecule has 17 heavy (non-hydrogen) atoms. The molecule has 0 fully saturated rings. The summed E-state index contributed by atoms with van der Waals surface area (Å²) in [6.45, 7) is 5.98. The van der Waals surface area contributed by atoms with Crippen LogP contribution in [0.4, 0.5) is 0 Å². The maximum absolute atomic E-state index is 11.6. The second-order valence-electron chi connectivity index (χ2n) is 3.96. The first-order chi connectivity index (χ1) is 8.02. The largest absolute Gasteiger partial charge is 0.468 e. The lowest BCUT2D eigenvalue weighted by Gasteiger charge is -2.17. The second kappa shape index (κ2) is 6.98. The van der Waals surface area contributed by atoms with Gasteiger partial charge in [0.15, 0.2) is 0 Å². The topological polar surface area (TPSA) is 51.2 Å². The molecule has 1 rings (SSSR count). The molecule has 96 valence electrons. The first kappa shape index (κ1) is 14.5. The molecule has 1 aromatic rings. The average molecular weight is 274 g/mol. The van der Waals surface area contributed by atoms with Crippen LogP contribution >= 0.6 is 23.1 Å². The van der Waals surface area contributed by atoms with Gasteiger partial charge in [-0.05, 0) is 6.92 Å². The number of rotatable bonds is 6. The fraction of sp³-hybridized carbons (Fsp3) is 0.636. The van der Waals surface area contributed by atoms with Gasteiger partial charge >= 0.3 is 5.97 Å². The predicted octanol–water partition coefficient (Wildman–Crippen LogP) is 2.08. The maximum Gasteiger partial charge on any atom is 0.323 e. The van der Waals surface area contributed by atoms with Gasteiger partial charge in [0.25, 0.3) is 0 Å². The summed E-state index contributed by atoms with van der Waals surface area (Å²) in [5.74, 6) is 0.414. The van der Waals surface area contributed by atoms with Gasteiger partial charge < -0.3 is 10.1 Å². The minimum atomic E-state index is -0.283. The molecule has 0 bridgehead atoms. The Morgan fingerprint density at radius 1 is 1.65 bits per heavy atom. The molecule has 0 saturated carbocycles. The minimum absolute atomic E-state index is 0.223. The van der Waals surface area contributed by atoms with E-state index in [2.05, 4.69) is 10.3 Å². The van der Waals surface area contributed by atoms with Gasteiger partial charge in [-0.15, -0.1) is 11.3 Å². The van der Waals surface area contributed by atoms with Crippen LogP contribution < -0.4 is 5.32 Å². The van der Waals surface area contributed by atoms with Gasteiger partial charge in [-0.1, -0.05) is 25.6 Å². The number of nitrogens with zero attached hydrogens (tertiary/aromatic N) is 1. The minimum Gasteiger partial charge on any atom is -0.468 e. The molecular weight excluding hydrogens is 256 g/mol. The van der Waals surface area contributed by atoms with Crippen molar-refractivity contribution in [1.29, 1.82) is 0 Å². The fourth-order valence-electron chi connectivity index (χ4n) is 1.28. The summed E-state index contributed by atoms with van der Waals surface area (Å²) >= 11 is 3.18. The molecule has 1 N–H and O–H groups in total. The lowest BCUT2D eigenvalue weighted by Crippen LogP contribution is -2.43. The zero-order valence-electron chi connectivity index (χ0n) is 10.5. The van der Waals surface area contributed by atoms with Gasteiger partial charge in [-0.2, -0.15) is 0 Å². The van der Waals surface area contributed by atoms with Crippen molar-refractivity contribution in [3.8, 4) is 0 Å². The number of hydrogen-bond donors (Lipinski definition) is 1. The van der Waals surface area contributed by atoms with E-state index >= 15 is 0 Å². The van der Waals surface area contributed by atoms with Gasteiger partial charge in [0.05, 0.1) is 7.11 Å². The summed E-state index contributed by atoms with van der Waals surface area (Å²) < 4.78 is 5.76. The van der Waals surface area contributed by atoms with Gasteiger partial charge in [-0.25, -0.2) is 4.98 Å². The first-order valence-corrected chi connectivity index (χ1v) is 7.28. The number of methoxy groups -OCH3 is 1. The Hall–Kier alpha value is -0.590. The Bertz CT molecular complexity index is 366. The lowest BCUT2D eigenvalue weighted by atomic mass is 10.3. The van der Waals surface area contributed by atoms with Crippen LogP contribution in [0, 0.1) is 6.92 Å². The average Bonchev–Trinajstić information content (AvgIpc) is 2.68.